The SMILES string of the molecule is CO[SiH-](C)(CCCN)OC. The van der Waals surface area contributed by atoms with Crippen LogP contribution in [0.2, 0.25) is 12.6 Å². The van der Waals surface area contributed by atoms with Crippen LogP contribution in [0.5, 0.6) is 0 Å². The van der Waals surface area contributed by atoms with E-state index in [0.29, 0.717) is 0 Å². The summed E-state index contributed by atoms with van der Waals surface area (Å²) in [5.74, 6) is 0. The van der Waals surface area contributed by atoms with Gasteiger partial charge >= 0.3 is 62.9 Å². The number of nitrogens with two attached hydrogens (primary N) is 1. The van der Waals surface area contributed by atoms with E-state index in [1.165, 1.54) is 0 Å². The van der Waals surface area contributed by atoms with Crippen LogP contribution in [-0.4, -0.2) is 29.3 Å². The van der Waals surface area contributed by atoms with E-state index in [1.54, 1.807) is 14.2 Å². The second kappa shape index (κ2) is 4.84. The molecule has 0 saturated heterocycles. The van der Waals surface area contributed by atoms with Crippen molar-refractivity contribution >= 4 is 8.56 Å². The molecule has 0 aromatic heterocycles. The van der Waals surface area contributed by atoms with Crippen molar-refractivity contribution in [2.24, 2.45) is 5.73 Å². The van der Waals surface area contributed by atoms with Crippen molar-refractivity contribution < 1.29 is 8.85 Å². The molecule has 0 bridgehead atoms. The molecule has 0 spiro atoms. The standard InChI is InChI=1S/C6H18NO2Si/c1-8-10(3,9-2)6-4-5-7/h10H,4-7H2,1-3H3/q-1. The topological polar surface area (TPSA) is 44.5 Å². The van der Waals surface area contributed by atoms with Crippen LogP contribution in [0.4, 0.5) is 0 Å². The molecule has 0 aliphatic heterocycles. The van der Waals surface area contributed by atoms with Gasteiger partial charge < -0.3 is 0 Å². The average molecular weight is 164 g/mol. The molecule has 0 aromatic carbocycles. The summed E-state index contributed by atoms with van der Waals surface area (Å²) < 4.78 is 10.6. The zero-order chi connectivity index (χ0) is 8.04. The van der Waals surface area contributed by atoms with Crippen LogP contribution in [-0.2, 0) is 8.85 Å². The van der Waals surface area contributed by atoms with Gasteiger partial charge in [0.25, 0.3) is 0 Å². The van der Waals surface area contributed by atoms with Gasteiger partial charge in [-0.3, -0.25) is 0 Å². The molecule has 0 radical (unpaired) electrons. The zero-order valence-corrected chi connectivity index (χ0v) is 8.25. The molecule has 0 aromatic rings. The van der Waals surface area contributed by atoms with E-state index in [4.69, 9.17) is 14.6 Å². The van der Waals surface area contributed by atoms with Gasteiger partial charge in [0.15, 0.2) is 0 Å². The fourth-order valence-electron chi connectivity index (χ4n) is 0.821. The first-order valence-electron chi connectivity index (χ1n) is 3.68. The van der Waals surface area contributed by atoms with Gasteiger partial charge in [0, 0.05) is 0 Å². The summed E-state index contributed by atoms with van der Waals surface area (Å²) in [6.07, 6.45) is 1.00. The molecule has 2 N–H and O–H groups in total. The predicted octanol–water partition coefficient (Wildman–Crippen LogP) is 0.432. The van der Waals surface area contributed by atoms with Crippen LogP contribution >= 0.6 is 0 Å². The van der Waals surface area contributed by atoms with Crippen molar-refractivity contribution in [1.82, 2.24) is 0 Å². The summed E-state index contributed by atoms with van der Waals surface area (Å²) in [6, 6.07) is 1.01. The van der Waals surface area contributed by atoms with Crippen molar-refractivity contribution in [3.63, 3.8) is 0 Å². The molecule has 0 rings (SSSR count). The van der Waals surface area contributed by atoms with Gasteiger partial charge in [-0.05, 0) is 0 Å². The summed E-state index contributed by atoms with van der Waals surface area (Å²) in [6.45, 7) is 2.80. The van der Waals surface area contributed by atoms with Crippen molar-refractivity contribution in [2.75, 3.05) is 20.8 Å². The van der Waals surface area contributed by atoms with E-state index in [-0.39, 0.29) is 0 Å². The molecule has 0 saturated carbocycles. The molecule has 0 atom stereocenters. The Kier molecular flexibility index (Phi) is 4.89. The first kappa shape index (κ1) is 10.1. The van der Waals surface area contributed by atoms with E-state index >= 15 is 0 Å². The van der Waals surface area contributed by atoms with Gasteiger partial charge in [-0.2, -0.15) is 0 Å². The maximum atomic E-state index is 5.36. The first-order valence-corrected chi connectivity index (χ1v) is 6.60. The van der Waals surface area contributed by atoms with Crippen LogP contribution < -0.4 is 5.73 Å². The molecule has 4 heteroatoms. The molecule has 0 aliphatic carbocycles. The third-order valence-electron chi connectivity index (χ3n) is 1.93. The van der Waals surface area contributed by atoms with Gasteiger partial charge in [-0.15, -0.1) is 0 Å². The Hall–Kier alpha value is 0.0969. The molecule has 0 amide bonds. The molecule has 0 aliphatic rings. The molecular weight excluding hydrogens is 146 g/mol. The second-order valence-electron chi connectivity index (χ2n) is 2.71. The van der Waals surface area contributed by atoms with Crippen molar-refractivity contribution in [1.29, 1.82) is 0 Å². The molecule has 0 unspecified atom stereocenters. The van der Waals surface area contributed by atoms with E-state index < -0.39 is 8.56 Å². The van der Waals surface area contributed by atoms with Crippen molar-refractivity contribution in [3.8, 4) is 0 Å². The van der Waals surface area contributed by atoms with Gasteiger partial charge in [-0.25, -0.2) is 0 Å². The zero-order valence-electron chi connectivity index (χ0n) is 7.09. The molecule has 0 fully saturated rings. The van der Waals surface area contributed by atoms with E-state index in [1.807, 2.05) is 0 Å². The van der Waals surface area contributed by atoms with Crippen LogP contribution in [0, 0.1) is 0 Å². The summed E-state index contributed by atoms with van der Waals surface area (Å²) >= 11 is 0. The quantitative estimate of drug-likeness (QED) is 0.599. The van der Waals surface area contributed by atoms with E-state index in [2.05, 4.69) is 6.55 Å². The monoisotopic (exact) mass is 164 g/mol. The minimum absolute atomic E-state index is 0.725. The normalized spacial score (nSPS) is 13.6. The van der Waals surface area contributed by atoms with E-state index in [9.17, 15) is 0 Å². The summed E-state index contributed by atoms with van der Waals surface area (Å²) in [5.41, 5.74) is 5.36. The maximum absolute atomic E-state index is 5.36. The Bertz CT molecular complexity index is 85.8. The van der Waals surface area contributed by atoms with Crippen LogP contribution in [0.1, 0.15) is 6.42 Å². The third-order valence-corrected chi connectivity index (χ3v) is 5.38. The van der Waals surface area contributed by atoms with Gasteiger partial charge in [0.05, 0.1) is 0 Å². The fourth-order valence-corrected chi connectivity index (χ4v) is 2.46. The van der Waals surface area contributed by atoms with Crippen LogP contribution in [0.25, 0.3) is 0 Å². The summed E-state index contributed by atoms with van der Waals surface area (Å²) in [5, 5.41) is 0. The number of hydrogen-bond donors (Lipinski definition) is 1. The third kappa shape index (κ3) is 3.31. The average Bonchev–Trinajstić information content (AvgIpc) is 2.00. The number of rotatable bonds is 5. The Morgan fingerprint density at radius 1 is 1.30 bits per heavy atom. The molecule has 0 heterocycles. The molecule has 64 valence electrons. The van der Waals surface area contributed by atoms with E-state index in [0.717, 1.165) is 19.0 Å². The fraction of sp³-hybridized carbons (Fsp3) is 1.00. The Labute approximate surface area is 63.8 Å². The van der Waals surface area contributed by atoms with Gasteiger partial charge in [-0.1, -0.05) is 0 Å². The Balaban J connectivity index is 3.58. The molecule has 10 heavy (non-hydrogen) atoms. The molecular formula is C6H18NO2Si-. The van der Waals surface area contributed by atoms with Gasteiger partial charge in [0.1, 0.15) is 0 Å². The van der Waals surface area contributed by atoms with Crippen LogP contribution in [0.15, 0.2) is 0 Å². The number of hydrogen-bond acceptors (Lipinski definition) is 3. The Morgan fingerprint density at radius 3 is 2.10 bits per heavy atom. The van der Waals surface area contributed by atoms with Crippen molar-refractivity contribution in [2.45, 2.75) is 19.0 Å². The summed E-state index contributed by atoms with van der Waals surface area (Å²) in [7, 11) is 1.36. The molecule has 3 nitrogen and oxygen atoms in total. The van der Waals surface area contributed by atoms with Crippen LogP contribution in [0.3, 0.4) is 0 Å². The summed E-state index contributed by atoms with van der Waals surface area (Å²) in [4.78, 5) is 0. The second-order valence-corrected chi connectivity index (χ2v) is 6.85. The Morgan fingerprint density at radius 2 is 1.80 bits per heavy atom. The first-order chi connectivity index (χ1) is 4.68. The predicted molar refractivity (Wildman–Crippen MR) is 45.5 cm³/mol. The van der Waals surface area contributed by atoms with Crippen molar-refractivity contribution in [3.05, 3.63) is 0 Å². The minimum atomic E-state index is -2.07. The van der Waals surface area contributed by atoms with Gasteiger partial charge in [0.2, 0.25) is 0 Å².